The van der Waals surface area contributed by atoms with Crippen LogP contribution in [0.3, 0.4) is 0 Å². The topological polar surface area (TPSA) is 114 Å². The van der Waals surface area contributed by atoms with Crippen LogP contribution in [0.1, 0.15) is 61.3 Å². The van der Waals surface area contributed by atoms with E-state index in [0.717, 1.165) is 24.0 Å². The van der Waals surface area contributed by atoms with Crippen molar-refractivity contribution in [2.45, 2.75) is 76.1 Å². The molecule has 0 radical (unpaired) electrons. The van der Waals surface area contributed by atoms with E-state index in [1.165, 1.54) is 11.9 Å². The monoisotopic (exact) mass is 628 g/mol. The Morgan fingerprint density at radius 3 is 2.20 bits per heavy atom. The second-order valence-electron chi connectivity index (χ2n) is 11.3. The van der Waals surface area contributed by atoms with Gasteiger partial charge in [0.15, 0.2) is 6.17 Å². The third-order valence-electron chi connectivity index (χ3n) is 7.78. The molecule has 0 saturated heterocycles. The number of fused-ring (bicyclic) bond motifs is 1. The Bertz CT molecular complexity index is 1380. The summed E-state index contributed by atoms with van der Waals surface area (Å²) in [5.74, 6) is -6.64. The fourth-order valence-electron chi connectivity index (χ4n) is 5.48. The Morgan fingerprint density at radius 1 is 1.02 bits per heavy atom. The molecular formula is C30H34F6N4O4. The van der Waals surface area contributed by atoms with Crippen molar-refractivity contribution in [2.75, 3.05) is 12.4 Å². The fourth-order valence-corrected chi connectivity index (χ4v) is 5.48. The molecule has 4 rings (SSSR count). The first-order valence-electron chi connectivity index (χ1n) is 14.2. The molecule has 0 spiro atoms. The van der Waals surface area contributed by atoms with Crippen molar-refractivity contribution in [3.8, 4) is 5.75 Å². The van der Waals surface area contributed by atoms with E-state index in [1.807, 2.05) is 31.2 Å². The van der Waals surface area contributed by atoms with E-state index in [1.54, 1.807) is 18.2 Å². The number of nitrogens with zero attached hydrogens (tertiary/aromatic N) is 1. The molecule has 2 aliphatic rings. The number of para-hydroxylation sites is 1. The number of aryl methyl sites for hydroxylation is 1. The third-order valence-corrected chi connectivity index (χ3v) is 7.78. The smallest absolute Gasteiger partial charge is 0.389 e. The maximum Gasteiger partial charge on any atom is 0.389 e. The molecule has 14 heteroatoms. The van der Waals surface area contributed by atoms with Gasteiger partial charge in [-0.25, -0.2) is 0 Å². The van der Waals surface area contributed by atoms with Crippen LogP contribution in [0.4, 0.5) is 32.0 Å². The zero-order valence-corrected chi connectivity index (χ0v) is 24.1. The highest BCUT2D eigenvalue weighted by Crippen LogP contribution is 2.43. The number of likely N-dealkylation sites (N-methyl/N-ethyl adjacent to an activating group) is 1. The lowest BCUT2D eigenvalue weighted by Gasteiger charge is -2.34. The number of primary amides is 1. The summed E-state index contributed by atoms with van der Waals surface area (Å²) in [5.41, 5.74) is 7.91. The predicted octanol–water partition coefficient (Wildman–Crippen LogP) is 5.35. The molecule has 44 heavy (non-hydrogen) atoms. The summed E-state index contributed by atoms with van der Waals surface area (Å²) in [5, 5.41) is 5.20. The van der Waals surface area contributed by atoms with Gasteiger partial charge >= 0.3 is 12.4 Å². The number of anilines is 1. The van der Waals surface area contributed by atoms with Crippen molar-refractivity contribution in [1.29, 1.82) is 0 Å². The first kappa shape index (κ1) is 33.1. The maximum atomic E-state index is 13.7. The van der Waals surface area contributed by atoms with Gasteiger partial charge in [-0.3, -0.25) is 19.3 Å². The summed E-state index contributed by atoms with van der Waals surface area (Å²) < 4.78 is 84.7. The van der Waals surface area contributed by atoms with Gasteiger partial charge in [0.1, 0.15) is 5.75 Å². The minimum atomic E-state index is -4.77. The lowest BCUT2D eigenvalue weighted by Crippen LogP contribution is -2.55. The van der Waals surface area contributed by atoms with E-state index in [-0.39, 0.29) is 6.10 Å². The number of halogens is 6. The molecule has 0 aromatic heterocycles. The summed E-state index contributed by atoms with van der Waals surface area (Å²) in [6, 6.07) is 11.9. The molecule has 4 atom stereocenters. The number of rotatable bonds is 11. The average molecular weight is 629 g/mol. The number of nitrogens with one attached hydrogen (secondary N) is 2. The highest BCUT2D eigenvalue weighted by Gasteiger charge is 2.43. The molecule has 4 N–H and O–H groups in total. The van der Waals surface area contributed by atoms with Crippen molar-refractivity contribution in [3.05, 3.63) is 59.2 Å². The van der Waals surface area contributed by atoms with Gasteiger partial charge in [0, 0.05) is 30.2 Å². The van der Waals surface area contributed by atoms with Crippen molar-refractivity contribution in [3.63, 3.8) is 0 Å². The minimum absolute atomic E-state index is 0.0240. The molecule has 1 unspecified atom stereocenters. The van der Waals surface area contributed by atoms with Crippen LogP contribution in [0.25, 0.3) is 0 Å². The van der Waals surface area contributed by atoms with E-state index in [0.29, 0.717) is 17.0 Å². The zero-order valence-electron chi connectivity index (χ0n) is 24.1. The lowest BCUT2D eigenvalue weighted by atomic mass is 9.83. The maximum absolute atomic E-state index is 13.7. The fraction of sp³-hybridized carbons (Fsp3) is 0.500. The molecule has 1 heterocycles. The van der Waals surface area contributed by atoms with Gasteiger partial charge in [-0.05, 0) is 51.3 Å². The summed E-state index contributed by atoms with van der Waals surface area (Å²) >= 11 is 0. The van der Waals surface area contributed by atoms with Crippen molar-refractivity contribution < 1.29 is 45.5 Å². The van der Waals surface area contributed by atoms with E-state index in [4.69, 9.17) is 10.5 Å². The molecule has 1 aliphatic heterocycles. The molecule has 2 aromatic carbocycles. The van der Waals surface area contributed by atoms with Crippen LogP contribution in [-0.2, 0) is 14.4 Å². The summed E-state index contributed by atoms with van der Waals surface area (Å²) in [6.45, 7) is 1.87. The van der Waals surface area contributed by atoms with Crippen molar-refractivity contribution >= 4 is 23.4 Å². The molecule has 1 aliphatic carbocycles. The number of benzene rings is 2. The number of carbonyl (C=O) groups is 3. The van der Waals surface area contributed by atoms with Gasteiger partial charge in [-0.15, -0.1) is 0 Å². The largest absolute Gasteiger partial charge is 0.488 e. The van der Waals surface area contributed by atoms with Crippen LogP contribution in [0.15, 0.2) is 42.5 Å². The number of hydrogen-bond donors (Lipinski definition) is 3. The first-order valence-corrected chi connectivity index (χ1v) is 14.2. The van der Waals surface area contributed by atoms with Gasteiger partial charge in [0.2, 0.25) is 11.8 Å². The standard InChI is InChI=1S/C30H34F6N4O4/c1-16-5-3-6-17(15-16)24-21-7-4-8-22(44-18-9-10-18)23(21)38-28(43)26(40(24)2)39-27(42)20(12-14-30(34,35)36)19(25(37)41)11-13-29(31,32)33/h3-8,15,18-20,24,26H,9-14H2,1-2H3,(H2,37,41)(H,38,43)(H,39,42)/t19-,20+,24?,26-/m0/s1. The Balaban J connectivity index is 1.71. The number of alkyl halides is 6. The number of hydrogen-bond acceptors (Lipinski definition) is 5. The lowest BCUT2D eigenvalue weighted by molar-refractivity contribution is -0.153. The Kier molecular flexibility index (Phi) is 9.81. The average Bonchev–Trinajstić information content (AvgIpc) is 3.73. The first-order chi connectivity index (χ1) is 20.5. The molecule has 1 fully saturated rings. The minimum Gasteiger partial charge on any atom is -0.488 e. The summed E-state index contributed by atoms with van der Waals surface area (Å²) in [6.07, 6.45) is -14.4. The normalized spacial score (nSPS) is 20.6. The number of nitrogens with two attached hydrogens (primary N) is 1. The zero-order chi connectivity index (χ0) is 32.4. The molecule has 1 saturated carbocycles. The Morgan fingerprint density at radius 2 is 1.64 bits per heavy atom. The highest BCUT2D eigenvalue weighted by atomic mass is 19.4. The van der Waals surface area contributed by atoms with E-state index in [9.17, 15) is 40.7 Å². The van der Waals surface area contributed by atoms with Crippen LogP contribution in [0.5, 0.6) is 5.75 Å². The van der Waals surface area contributed by atoms with Gasteiger partial charge in [-0.1, -0.05) is 42.0 Å². The molecule has 240 valence electrons. The Labute approximate surface area is 250 Å². The number of ether oxygens (including phenoxy) is 1. The van der Waals surface area contributed by atoms with E-state index in [2.05, 4.69) is 10.6 Å². The molecular weight excluding hydrogens is 594 g/mol. The van der Waals surface area contributed by atoms with E-state index >= 15 is 0 Å². The van der Waals surface area contributed by atoms with Crippen LogP contribution >= 0.6 is 0 Å². The van der Waals surface area contributed by atoms with Crippen LogP contribution in [-0.4, -0.2) is 54.3 Å². The van der Waals surface area contributed by atoms with Crippen molar-refractivity contribution in [1.82, 2.24) is 10.2 Å². The van der Waals surface area contributed by atoms with Gasteiger partial charge < -0.3 is 21.1 Å². The second kappa shape index (κ2) is 13.0. The van der Waals surface area contributed by atoms with Crippen LogP contribution in [0.2, 0.25) is 0 Å². The molecule has 3 amide bonds. The SMILES string of the molecule is Cc1cccc(C2c3cccc(OC4CC4)c3NC(=O)[C@@H](NC(=O)[C@H](CCC(F)(F)F)[C@H](CCC(F)(F)F)C(N)=O)N2C)c1. The molecule has 0 bridgehead atoms. The van der Waals surface area contributed by atoms with Crippen molar-refractivity contribution in [2.24, 2.45) is 17.6 Å². The van der Waals surface area contributed by atoms with Gasteiger partial charge in [0.25, 0.3) is 5.91 Å². The van der Waals surface area contributed by atoms with Gasteiger partial charge in [0.05, 0.1) is 17.8 Å². The van der Waals surface area contributed by atoms with Crippen LogP contribution in [0, 0.1) is 18.8 Å². The van der Waals surface area contributed by atoms with Crippen LogP contribution < -0.4 is 21.1 Å². The predicted molar refractivity (Wildman–Crippen MR) is 148 cm³/mol. The molecule has 2 aromatic rings. The van der Waals surface area contributed by atoms with E-state index < -0.39 is 79.8 Å². The third kappa shape index (κ3) is 8.42. The quantitative estimate of drug-likeness (QED) is 0.290. The summed E-state index contributed by atoms with van der Waals surface area (Å²) in [7, 11) is 1.53. The Hall–Kier alpha value is -3.81. The summed E-state index contributed by atoms with van der Waals surface area (Å²) in [4.78, 5) is 41.0. The number of amides is 3. The molecule has 8 nitrogen and oxygen atoms in total. The number of carbonyl (C=O) groups excluding carboxylic acids is 3. The highest BCUT2D eigenvalue weighted by molar-refractivity contribution is 6.00. The second-order valence-corrected chi connectivity index (χ2v) is 11.3. The van der Waals surface area contributed by atoms with Gasteiger partial charge in [-0.2, -0.15) is 26.3 Å².